The van der Waals surface area contributed by atoms with Gasteiger partial charge in [-0.05, 0) is 51.4 Å². The molecule has 0 spiro atoms. The Morgan fingerprint density at radius 1 is 1.45 bits per heavy atom. The van der Waals surface area contributed by atoms with Crippen LogP contribution >= 0.6 is 0 Å². The maximum absolute atomic E-state index is 5.76. The standard InChI is InChI=1S/C16H28N2O2/c1-13-9-16(20-14(13)2)12-17(3)10-15-5-6-18(11-15)7-8-19-4/h9,15H,5-8,10-12H2,1-4H3. The summed E-state index contributed by atoms with van der Waals surface area (Å²) in [5.74, 6) is 2.89. The highest BCUT2D eigenvalue weighted by atomic mass is 16.5. The summed E-state index contributed by atoms with van der Waals surface area (Å²) < 4.78 is 10.9. The molecule has 0 aromatic carbocycles. The van der Waals surface area contributed by atoms with Crippen LogP contribution in [0.25, 0.3) is 0 Å². The summed E-state index contributed by atoms with van der Waals surface area (Å²) in [5, 5.41) is 0. The summed E-state index contributed by atoms with van der Waals surface area (Å²) in [6.07, 6.45) is 1.30. The monoisotopic (exact) mass is 280 g/mol. The molecule has 1 aliphatic rings. The summed E-state index contributed by atoms with van der Waals surface area (Å²) in [6.45, 7) is 10.5. The van der Waals surface area contributed by atoms with Crippen LogP contribution in [0.3, 0.4) is 0 Å². The van der Waals surface area contributed by atoms with Gasteiger partial charge in [-0.1, -0.05) is 0 Å². The average Bonchev–Trinajstić information content (AvgIpc) is 2.94. The zero-order chi connectivity index (χ0) is 14.5. The molecule has 1 aromatic heterocycles. The molecule has 1 fully saturated rings. The lowest BCUT2D eigenvalue weighted by Gasteiger charge is -2.20. The first-order valence-corrected chi connectivity index (χ1v) is 7.54. The van der Waals surface area contributed by atoms with Crippen molar-refractivity contribution in [2.45, 2.75) is 26.8 Å². The summed E-state index contributed by atoms with van der Waals surface area (Å²) in [6, 6.07) is 2.16. The molecule has 2 rings (SSSR count). The molecule has 1 aliphatic heterocycles. The predicted molar refractivity (Wildman–Crippen MR) is 80.9 cm³/mol. The van der Waals surface area contributed by atoms with E-state index in [0.717, 1.165) is 43.7 Å². The quantitative estimate of drug-likeness (QED) is 0.766. The number of aryl methyl sites for hydroxylation is 2. The van der Waals surface area contributed by atoms with Crippen LogP contribution in [0.5, 0.6) is 0 Å². The number of hydrogen-bond donors (Lipinski definition) is 0. The Balaban J connectivity index is 1.73. The Labute approximate surface area is 122 Å². The molecule has 0 bridgehead atoms. The number of nitrogens with zero attached hydrogens (tertiary/aromatic N) is 2. The van der Waals surface area contributed by atoms with Crippen LogP contribution in [0, 0.1) is 19.8 Å². The molecule has 114 valence electrons. The highest BCUT2D eigenvalue weighted by molar-refractivity contribution is 5.18. The molecule has 0 saturated carbocycles. The van der Waals surface area contributed by atoms with Crippen molar-refractivity contribution >= 4 is 0 Å². The van der Waals surface area contributed by atoms with Gasteiger partial charge in [0.25, 0.3) is 0 Å². The lowest BCUT2D eigenvalue weighted by Crippen LogP contribution is -2.29. The number of furan rings is 1. The molecule has 1 aromatic rings. The summed E-state index contributed by atoms with van der Waals surface area (Å²) in [5.41, 5.74) is 1.25. The van der Waals surface area contributed by atoms with E-state index in [9.17, 15) is 0 Å². The Kier molecular flexibility index (Phi) is 5.64. The Morgan fingerprint density at radius 3 is 2.90 bits per heavy atom. The van der Waals surface area contributed by atoms with E-state index in [1.165, 1.54) is 25.1 Å². The smallest absolute Gasteiger partial charge is 0.118 e. The third kappa shape index (κ3) is 4.33. The first-order valence-electron chi connectivity index (χ1n) is 7.54. The topological polar surface area (TPSA) is 28.9 Å². The molecular formula is C16H28N2O2. The molecule has 0 N–H and O–H groups in total. The number of likely N-dealkylation sites (tertiary alicyclic amines) is 1. The summed E-state index contributed by atoms with van der Waals surface area (Å²) in [4.78, 5) is 4.88. The van der Waals surface area contributed by atoms with Crippen molar-refractivity contribution in [3.8, 4) is 0 Å². The van der Waals surface area contributed by atoms with Crippen molar-refractivity contribution in [3.05, 3.63) is 23.2 Å². The molecule has 4 heteroatoms. The van der Waals surface area contributed by atoms with Crippen molar-refractivity contribution in [1.29, 1.82) is 0 Å². The first kappa shape index (κ1) is 15.5. The molecule has 0 radical (unpaired) electrons. The fourth-order valence-corrected chi connectivity index (χ4v) is 2.98. The second-order valence-corrected chi connectivity index (χ2v) is 6.10. The largest absolute Gasteiger partial charge is 0.465 e. The number of ether oxygens (including phenoxy) is 1. The van der Waals surface area contributed by atoms with E-state index < -0.39 is 0 Å². The van der Waals surface area contributed by atoms with Gasteiger partial charge >= 0.3 is 0 Å². The minimum atomic E-state index is 0.772. The maximum atomic E-state index is 5.76. The summed E-state index contributed by atoms with van der Waals surface area (Å²) in [7, 11) is 3.96. The van der Waals surface area contributed by atoms with Crippen molar-refractivity contribution in [1.82, 2.24) is 9.80 Å². The third-order valence-corrected chi connectivity index (χ3v) is 4.19. The van der Waals surface area contributed by atoms with Gasteiger partial charge in [0.2, 0.25) is 0 Å². The van der Waals surface area contributed by atoms with Crippen LogP contribution in [-0.4, -0.2) is 56.7 Å². The van der Waals surface area contributed by atoms with Gasteiger partial charge in [-0.15, -0.1) is 0 Å². The molecule has 1 unspecified atom stereocenters. The van der Waals surface area contributed by atoms with Gasteiger partial charge in [0.15, 0.2) is 0 Å². The fourth-order valence-electron chi connectivity index (χ4n) is 2.98. The zero-order valence-electron chi connectivity index (χ0n) is 13.3. The van der Waals surface area contributed by atoms with Gasteiger partial charge in [0, 0.05) is 26.7 Å². The highest BCUT2D eigenvalue weighted by Gasteiger charge is 2.23. The van der Waals surface area contributed by atoms with E-state index in [2.05, 4.69) is 29.8 Å². The van der Waals surface area contributed by atoms with Gasteiger partial charge in [-0.2, -0.15) is 0 Å². The Morgan fingerprint density at radius 2 is 2.25 bits per heavy atom. The van der Waals surface area contributed by atoms with Gasteiger partial charge in [0.1, 0.15) is 11.5 Å². The molecule has 2 heterocycles. The molecule has 20 heavy (non-hydrogen) atoms. The van der Waals surface area contributed by atoms with Crippen LogP contribution in [0.1, 0.15) is 23.5 Å². The van der Waals surface area contributed by atoms with Crippen molar-refractivity contribution < 1.29 is 9.15 Å². The van der Waals surface area contributed by atoms with Crippen molar-refractivity contribution in [2.24, 2.45) is 5.92 Å². The fraction of sp³-hybridized carbons (Fsp3) is 0.750. The highest BCUT2D eigenvalue weighted by Crippen LogP contribution is 2.19. The predicted octanol–water partition coefficient (Wildman–Crippen LogP) is 2.30. The summed E-state index contributed by atoms with van der Waals surface area (Å²) >= 11 is 0. The Hall–Kier alpha value is -0.840. The maximum Gasteiger partial charge on any atom is 0.118 e. The minimum Gasteiger partial charge on any atom is -0.465 e. The normalized spacial score (nSPS) is 20.1. The van der Waals surface area contributed by atoms with Gasteiger partial charge in [-0.3, -0.25) is 4.90 Å². The Bertz CT molecular complexity index is 397. The average molecular weight is 280 g/mol. The van der Waals surface area contributed by atoms with Gasteiger partial charge < -0.3 is 14.1 Å². The van der Waals surface area contributed by atoms with E-state index in [0.29, 0.717) is 0 Å². The molecule has 4 nitrogen and oxygen atoms in total. The SMILES string of the molecule is COCCN1CCC(CN(C)Cc2cc(C)c(C)o2)C1. The molecular weight excluding hydrogens is 252 g/mol. The molecule has 1 atom stereocenters. The second kappa shape index (κ2) is 7.25. The van der Waals surface area contributed by atoms with Crippen LogP contribution < -0.4 is 0 Å². The number of hydrogen-bond acceptors (Lipinski definition) is 4. The van der Waals surface area contributed by atoms with Gasteiger partial charge in [0.05, 0.1) is 13.2 Å². The second-order valence-electron chi connectivity index (χ2n) is 6.10. The van der Waals surface area contributed by atoms with Gasteiger partial charge in [-0.25, -0.2) is 0 Å². The third-order valence-electron chi connectivity index (χ3n) is 4.19. The van der Waals surface area contributed by atoms with E-state index >= 15 is 0 Å². The van der Waals surface area contributed by atoms with Crippen molar-refractivity contribution in [2.75, 3.05) is 46.9 Å². The molecule has 1 saturated heterocycles. The molecule has 0 aliphatic carbocycles. The van der Waals surface area contributed by atoms with Crippen LogP contribution in [0.2, 0.25) is 0 Å². The number of methoxy groups -OCH3 is 1. The lowest BCUT2D eigenvalue weighted by molar-refractivity contribution is 0.156. The van der Waals surface area contributed by atoms with E-state index in [4.69, 9.17) is 9.15 Å². The van der Waals surface area contributed by atoms with Crippen LogP contribution in [0.4, 0.5) is 0 Å². The van der Waals surface area contributed by atoms with E-state index in [1.807, 2.05) is 6.92 Å². The molecule has 0 amide bonds. The van der Waals surface area contributed by atoms with Crippen LogP contribution in [-0.2, 0) is 11.3 Å². The lowest BCUT2D eigenvalue weighted by atomic mass is 10.1. The van der Waals surface area contributed by atoms with Crippen LogP contribution in [0.15, 0.2) is 10.5 Å². The van der Waals surface area contributed by atoms with Crippen molar-refractivity contribution in [3.63, 3.8) is 0 Å². The zero-order valence-corrected chi connectivity index (χ0v) is 13.3. The van der Waals surface area contributed by atoms with E-state index in [-0.39, 0.29) is 0 Å². The van der Waals surface area contributed by atoms with E-state index in [1.54, 1.807) is 7.11 Å². The minimum absolute atomic E-state index is 0.772. The number of rotatable bonds is 7. The first-order chi connectivity index (χ1) is 9.58.